The van der Waals surface area contributed by atoms with Crippen LogP contribution in [-0.4, -0.2) is 84.4 Å². The van der Waals surface area contributed by atoms with Crippen LogP contribution >= 0.6 is 15.6 Å². The van der Waals surface area contributed by atoms with Crippen molar-refractivity contribution >= 4 is 15.6 Å². The molecule has 2 aliphatic heterocycles. The maximum atomic E-state index is 12.1. The Morgan fingerprint density at radius 2 is 1.85 bits per heavy atom. The SMILES string of the molecule is CC1C[C@H](O)C(O)[C@@H](OP(=O)([O-])OP(=O)(O)OC[C@H]2O[C@@H](n3ccc(=O)[nH]c3=O)C(O)[C@H]2O)O1. The van der Waals surface area contributed by atoms with Crippen molar-refractivity contribution in [1.29, 1.82) is 0 Å². The molecule has 34 heavy (non-hydrogen) atoms. The van der Waals surface area contributed by atoms with Crippen LogP contribution in [0.5, 0.6) is 0 Å². The molecule has 2 aliphatic rings. The minimum Gasteiger partial charge on any atom is -0.756 e. The molecular formula is C15H23N2O15P2-. The predicted octanol–water partition coefficient (Wildman–Crippen LogP) is -3.37. The molecule has 1 aromatic heterocycles. The van der Waals surface area contributed by atoms with Crippen LogP contribution in [0.3, 0.4) is 0 Å². The van der Waals surface area contributed by atoms with Crippen molar-refractivity contribution < 1.29 is 62.2 Å². The van der Waals surface area contributed by atoms with Crippen LogP contribution in [0.1, 0.15) is 19.6 Å². The van der Waals surface area contributed by atoms with E-state index in [1.165, 1.54) is 6.92 Å². The summed E-state index contributed by atoms with van der Waals surface area (Å²) < 4.78 is 48.0. The predicted molar refractivity (Wildman–Crippen MR) is 104 cm³/mol. The van der Waals surface area contributed by atoms with Gasteiger partial charge in [0.1, 0.15) is 24.4 Å². The van der Waals surface area contributed by atoms with Gasteiger partial charge in [-0.15, -0.1) is 0 Å². The van der Waals surface area contributed by atoms with Crippen LogP contribution in [0.25, 0.3) is 0 Å². The highest BCUT2D eigenvalue weighted by atomic mass is 31.3. The van der Waals surface area contributed by atoms with Gasteiger partial charge in [0.05, 0.1) is 18.8 Å². The number of aromatic nitrogens is 2. The Labute approximate surface area is 190 Å². The van der Waals surface area contributed by atoms with E-state index in [2.05, 4.69) is 13.4 Å². The van der Waals surface area contributed by atoms with E-state index in [-0.39, 0.29) is 6.42 Å². The Kier molecular flexibility index (Phi) is 8.32. The summed E-state index contributed by atoms with van der Waals surface area (Å²) >= 11 is 0. The van der Waals surface area contributed by atoms with E-state index in [0.717, 1.165) is 16.8 Å². The molecular weight excluding hydrogens is 510 g/mol. The van der Waals surface area contributed by atoms with Crippen LogP contribution in [0.2, 0.25) is 0 Å². The third kappa shape index (κ3) is 6.47. The number of hydrogen-bond acceptors (Lipinski definition) is 14. The zero-order valence-electron chi connectivity index (χ0n) is 17.3. The Morgan fingerprint density at radius 3 is 2.50 bits per heavy atom. The van der Waals surface area contributed by atoms with Gasteiger partial charge in [0.25, 0.3) is 13.4 Å². The highest BCUT2D eigenvalue weighted by Crippen LogP contribution is 2.59. The van der Waals surface area contributed by atoms with Gasteiger partial charge in [-0.1, -0.05) is 0 Å². The van der Waals surface area contributed by atoms with Gasteiger partial charge >= 0.3 is 13.5 Å². The third-order valence-corrected chi connectivity index (χ3v) is 7.48. The molecule has 2 saturated heterocycles. The quantitative estimate of drug-likeness (QED) is 0.178. The van der Waals surface area contributed by atoms with Crippen LogP contribution in [-0.2, 0) is 32.0 Å². The van der Waals surface area contributed by atoms with Gasteiger partial charge in [0.15, 0.2) is 12.5 Å². The average Bonchev–Trinajstić information content (AvgIpc) is 2.97. The number of nitrogens with one attached hydrogen (secondary N) is 1. The molecule has 3 heterocycles. The third-order valence-electron chi connectivity index (χ3n) is 4.91. The first-order valence-corrected chi connectivity index (χ1v) is 12.7. The second-order valence-electron chi connectivity index (χ2n) is 7.57. The Hall–Kier alpha value is -1.30. The van der Waals surface area contributed by atoms with E-state index >= 15 is 0 Å². The first-order chi connectivity index (χ1) is 15.7. The van der Waals surface area contributed by atoms with Crippen molar-refractivity contribution in [1.82, 2.24) is 9.55 Å². The maximum absolute atomic E-state index is 12.1. The fraction of sp³-hybridized carbons (Fsp3) is 0.733. The minimum atomic E-state index is -5.65. The normalized spacial score (nSPS) is 37.7. The lowest BCUT2D eigenvalue weighted by atomic mass is 10.0. The van der Waals surface area contributed by atoms with Crippen molar-refractivity contribution in [3.8, 4) is 0 Å². The second kappa shape index (κ2) is 10.4. The molecule has 6 N–H and O–H groups in total. The zero-order chi connectivity index (χ0) is 25.4. The number of aliphatic hydroxyl groups is 4. The monoisotopic (exact) mass is 533 g/mol. The summed E-state index contributed by atoms with van der Waals surface area (Å²) in [4.78, 5) is 46.7. The number of ether oxygens (including phenoxy) is 2. The molecule has 0 spiro atoms. The molecule has 19 heteroatoms. The summed E-state index contributed by atoms with van der Waals surface area (Å²) in [7, 11) is -11.1. The molecule has 3 rings (SSSR count). The number of phosphoric acid groups is 2. The smallest absolute Gasteiger partial charge is 0.478 e. The number of nitrogens with zero attached hydrogens (tertiary/aromatic N) is 1. The fourth-order valence-corrected chi connectivity index (χ4v) is 5.42. The van der Waals surface area contributed by atoms with Gasteiger partial charge in [0.2, 0.25) is 0 Å². The lowest BCUT2D eigenvalue weighted by Gasteiger charge is -2.38. The van der Waals surface area contributed by atoms with Crippen LogP contribution in [0.4, 0.5) is 0 Å². The highest BCUT2D eigenvalue weighted by molar-refractivity contribution is 7.60. The summed E-state index contributed by atoms with van der Waals surface area (Å²) in [6.45, 7) is 0.469. The molecule has 5 unspecified atom stereocenters. The van der Waals surface area contributed by atoms with E-state index in [1.807, 2.05) is 4.98 Å². The van der Waals surface area contributed by atoms with Gasteiger partial charge in [-0.2, -0.15) is 0 Å². The molecule has 10 atom stereocenters. The number of rotatable bonds is 8. The van der Waals surface area contributed by atoms with E-state index in [0.29, 0.717) is 0 Å². The maximum Gasteiger partial charge on any atom is 0.478 e. The summed E-state index contributed by atoms with van der Waals surface area (Å²) in [5.74, 6) is 0. The summed E-state index contributed by atoms with van der Waals surface area (Å²) in [6, 6.07) is 0.946. The van der Waals surface area contributed by atoms with Gasteiger partial charge in [-0.05, 0) is 6.92 Å². The highest BCUT2D eigenvalue weighted by Gasteiger charge is 2.46. The Morgan fingerprint density at radius 1 is 1.18 bits per heavy atom. The summed E-state index contributed by atoms with van der Waals surface area (Å²) in [5.41, 5.74) is -1.70. The number of H-pyrrole nitrogens is 1. The minimum absolute atomic E-state index is 0.0195. The molecule has 194 valence electrons. The van der Waals surface area contributed by atoms with Gasteiger partial charge < -0.3 is 39.7 Å². The first kappa shape index (κ1) is 27.3. The van der Waals surface area contributed by atoms with Crippen molar-refractivity contribution in [2.24, 2.45) is 0 Å². The number of aromatic amines is 1. The van der Waals surface area contributed by atoms with E-state index in [1.54, 1.807) is 0 Å². The lowest BCUT2D eigenvalue weighted by Crippen LogP contribution is -2.48. The number of phosphoric ester groups is 2. The largest absolute Gasteiger partial charge is 0.756 e. The molecule has 2 fully saturated rings. The molecule has 0 bridgehead atoms. The van der Waals surface area contributed by atoms with Gasteiger partial charge in [-0.25, -0.2) is 13.7 Å². The first-order valence-electron chi connectivity index (χ1n) is 9.72. The molecule has 0 saturated carbocycles. The van der Waals surface area contributed by atoms with Gasteiger partial charge in [-0.3, -0.25) is 28.0 Å². The van der Waals surface area contributed by atoms with Crippen molar-refractivity contribution in [3.05, 3.63) is 33.1 Å². The zero-order valence-corrected chi connectivity index (χ0v) is 19.1. The van der Waals surface area contributed by atoms with Crippen molar-refractivity contribution in [2.75, 3.05) is 6.61 Å². The molecule has 17 nitrogen and oxygen atoms in total. The Balaban J connectivity index is 1.60. The fourth-order valence-electron chi connectivity index (χ4n) is 3.30. The average molecular weight is 533 g/mol. The second-order valence-corrected chi connectivity index (χ2v) is 10.5. The molecule has 0 aromatic carbocycles. The molecule has 0 amide bonds. The van der Waals surface area contributed by atoms with Crippen LogP contribution in [0.15, 0.2) is 21.9 Å². The Bertz CT molecular complexity index is 1080. The number of hydrogen-bond donors (Lipinski definition) is 6. The molecule has 1 aromatic rings. The van der Waals surface area contributed by atoms with E-state index in [9.17, 15) is 48.9 Å². The van der Waals surface area contributed by atoms with Crippen molar-refractivity contribution in [2.45, 2.75) is 62.5 Å². The van der Waals surface area contributed by atoms with E-state index < -0.39 is 82.6 Å². The van der Waals surface area contributed by atoms with Crippen LogP contribution in [0, 0.1) is 0 Å². The summed E-state index contributed by atoms with van der Waals surface area (Å²) in [6.07, 6.45) is -11.4. The van der Waals surface area contributed by atoms with Crippen LogP contribution < -0.4 is 16.1 Å². The molecule has 0 aliphatic carbocycles. The topological polar surface area (TPSA) is 259 Å². The van der Waals surface area contributed by atoms with Gasteiger partial charge in [0, 0.05) is 18.7 Å². The number of aliphatic hydroxyl groups excluding tert-OH is 4. The standard InChI is InChI=1S/C15H24N2O15P2/c1-6-4-7(18)10(20)14(29-6)31-34(26,27)32-33(24,25)28-5-8-11(21)12(22)13(30-8)17-3-2-9(19)16-15(17)23/h2-3,6-8,10-14,18,20-22H,4-5H2,1H3,(H,24,25)(H,26,27)(H,16,19,23)/p-1/t6?,7-,8+,10?,11-,12?,13+,14+/m0/s1. The lowest BCUT2D eigenvalue weighted by molar-refractivity contribution is -0.276. The van der Waals surface area contributed by atoms with Crippen molar-refractivity contribution in [3.63, 3.8) is 0 Å². The van der Waals surface area contributed by atoms with E-state index in [4.69, 9.17) is 9.47 Å². The molecule has 0 radical (unpaired) electrons. The summed E-state index contributed by atoms with van der Waals surface area (Å²) in [5, 5.41) is 39.7.